The Bertz CT molecular complexity index is 100. The molecule has 0 aromatic heterocycles. The van der Waals surface area contributed by atoms with Gasteiger partial charge in [-0.2, -0.15) is 0 Å². The Kier molecular flexibility index (Phi) is 2.81. The van der Waals surface area contributed by atoms with Gasteiger partial charge >= 0.3 is 0 Å². The van der Waals surface area contributed by atoms with Gasteiger partial charge in [-0.3, -0.25) is 0 Å². The zero-order chi connectivity index (χ0) is 6.91. The van der Waals surface area contributed by atoms with Gasteiger partial charge in [0.1, 0.15) is 7.43 Å². The second-order valence-electron chi connectivity index (χ2n) is 3.02. The Balaban J connectivity index is 2.49. The molecule has 54 valence electrons. The summed E-state index contributed by atoms with van der Waals surface area (Å²) >= 11 is 0. The van der Waals surface area contributed by atoms with Gasteiger partial charge in [0.25, 0.3) is 0 Å². The normalized spacial score (nSPS) is 45.3. The van der Waals surface area contributed by atoms with Gasteiger partial charge in [0.2, 0.25) is 0 Å². The third-order valence-electron chi connectivity index (χ3n) is 1.95. The van der Waals surface area contributed by atoms with Crippen molar-refractivity contribution in [2.75, 3.05) is 0 Å². The summed E-state index contributed by atoms with van der Waals surface area (Å²) < 4.78 is 10.2. The van der Waals surface area contributed by atoms with Crippen molar-refractivity contribution in [3.63, 3.8) is 0 Å². The average molecular weight is 226 g/mol. The van der Waals surface area contributed by atoms with Crippen LogP contribution in [0.5, 0.6) is 0 Å². The number of nitrogens with one attached hydrogen (secondary N) is 2. The SMILES string of the molecule is [SiH3]N1[SiH2]N[SiH2]N[Si]1([SiH3])[SiH3]. The Labute approximate surface area is 70.4 Å². The van der Waals surface area contributed by atoms with Gasteiger partial charge in [-0.25, -0.2) is 0 Å². The van der Waals surface area contributed by atoms with Crippen molar-refractivity contribution in [3.8, 4) is 0 Å². The number of rotatable bonds is 0. The van der Waals surface area contributed by atoms with Crippen molar-refractivity contribution in [1.82, 2.24) is 13.2 Å². The fourth-order valence-corrected chi connectivity index (χ4v) is 20.1. The van der Waals surface area contributed by atoms with Crippen LogP contribution in [0.3, 0.4) is 0 Å². The Morgan fingerprint density at radius 2 is 2.11 bits per heavy atom. The lowest BCUT2D eigenvalue weighted by atomic mass is 13.7. The van der Waals surface area contributed by atoms with E-state index < -0.39 is 7.43 Å². The van der Waals surface area contributed by atoms with Crippen LogP contribution < -0.4 is 9.30 Å². The van der Waals surface area contributed by atoms with E-state index in [2.05, 4.69) is 13.2 Å². The molecule has 0 aliphatic carbocycles. The Morgan fingerprint density at radius 3 is 2.44 bits per heavy atom. The highest BCUT2D eigenvalue weighted by Gasteiger charge is 2.27. The van der Waals surface area contributed by atoms with E-state index in [0.717, 1.165) is 0 Å². The van der Waals surface area contributed by atoms with Crippen LogP contribution >= 0.6 is 0 Å². The first-order chi connectivity index (χ1) is 4.13. The molecular formula is H15N3Si6. The van der Waals surface area contributed by atoms with E-state index in [-0.39, 0.29) is 19.7 Å². The van der Waals surface area contributed by atoms with E-state index in [1.54, 1.807) is 0 Å². The summed E-state index contributed by atoms with van der Waals surface area (Å²) in [6, 6.07) is 0. The smallest absolute Gasteiger partial charge is 0.155 e. The molecule has 1 fully saturated rings. The van der Waals surface area contributed by atoms with Crippen LogP contribution in [0.4, 0.5) is 0 Å². The van der Waals surface area contributed by atoms with Crippen molar-refractivity contribution in [2.24, 2.45) is 0 Å². The number of hydrogen-bond donors (Lipinski definition) is 2. The van der Waals surface area contributed by atoms with Gasteiger partial charge in [0.15, 0.2) is 19.7 Å². The van der Waals surface area contributed by atoms with Crippen molar-refractivity contribution in [2.45, 2.75) is 0 Å². The summed E-state index contributed by atoms with van der Waals surface area (Å²) in [5, 5.41) is 0. The van der Waals surface area contributed by atoms with Gasteiger partial charge in [0.05, 0.1) is 10.4 Å². The Hall–Kier alpha value is 1.18. The van der Waals surface area contributed by atoms with Gasteiger partial charge in [-0.15, -0.1) is 0 Å². The van der Waals surface area contributed by atoms with E-state index in [1.807, 2.05) is 0 Å². The first-order valence-corrected chi connectivity index (χ1v) is 15.9. The predicted octanol–water partition coefficient (Wildman–Crippen LogP) is -7.07. The fraction of sp³-hybridized carbons (Fsp3) is 0. The van der Waals surface area contributed by atoms with E-state index >= 15 is 0 Å². The molecule has 0 amide bonds. The second-order valence-corrected chi connectivity index (χ2v) is 33.5. The molecule has 1 rings (SSSR count). The summed E-state index contributed by atoms with van der Waals surface area (Å²) in [6.45, 7) is 0. The minimum atomic E-state index is -0.710. The molecule has 0 aromatic rings. The van der Waals surface area contributed by atoms with Crippen LogP contribution in [0.15, 0.2) is 0 Å². The van der Waals surface area contributed by atoms with Crippen molar-refractivity contribution >= 4 is 57.0 Å². The molecule has 3 nitrogen and oxygen atoms in total. The molecule has 1 aliphatic rings. The van der Waals surface area contributed by atoms with E-state index in [9.17, 15) is 0 Å². The van der Waals surface area contributed by atoms with Gasteiger partial charge < -0.3 is 13.2 Å². The summed E-state index contributed by atoms with van der Waals surface area (Å²) in [7, 11) is 3.72. The molecule has 0 aromatic carbocycles. The summed E-state index contributed by atoms with van der Waals surface area (Å²) in [5.41, 5.74) is 0. The predicted molar refractivity (Wildman–Crippen MR) is 60.8 cm³/mol. The number of hydrogen-bond acceptors (Lipinski definition) is 3. The molecule has 9 heavy (non-hydrogen) atoms. The first-order valence-electron chi connectivity index (χ1n) is 3.30. The summed E-state index contributed by atoms with van der Waals surface area (Å²) in [4.78, 5) is 0. The van der Waals surface area contributed by atoms with Crippen LogP contribution in [0.2, 0.25) is 0 Å². The quantitative estimate of drug-likeness (QED) is 0.402. The Morgan fingerprint density at radius 1 is 1.44 bits per heavy atom. The van der Waals surface area contributed by atoms with Gasteiger partial charge in [0, 0.05) is 19.5 Å². The lowest BCUT2D eigenvalue weighted by molar-refractivity contribution is 1.00. The van der Waals surface area contributed by atoms with E-state index in [0.29, 0.717) is 0 Å². The standard InChI is InChI=1S/H15N3Si6/c4-3-8-1-7-2-9(3,5)6/h1-2H,7-8H2,4-6H3. The second kappa shape index (κ2) is 3.06. The third-order valence-corrected chi connectivity index (χ3v) is 37.6. The minimum absolute atomic E-state index is 0.0460. The molecule has 2 N–H and O–H groups in total. The van der Waals surface area contributed by atoms with E-state index in [1.165, 1.54) is 29.9 Å². The molecular weight excluding hydrogens is 211 g/mol. The van der Waals surface area contributed by atoms with Crippen LogP contribution in [0, 0.1) is 0 Å². The molecule has 9 heteroatoms. The molecule has 0 saturated carbocycles. The third kappa shape index (κ3) is 2.05. The van der Waals surface area contributed by atoms with Crippen LogP contribution in [-0.4, -0.2) is 60.9 Å². The molecule has 1 heterocycles. The van der Waals surface area contributed by atoms with Crippen LogP contribution in [0.25, 0.3) is 0 Å². The van der Waals surface area contributed by atoms with Gasteiger partial charge in [-0.1, -0.05) is 0 Å². The molecule has 1 aliphatic heterocycles. The van der Waals surface area contributed by atoms with E-state index in [4.69, 9.17) is 0 Å². The molecule has 0 spiro atoms. The molecule has 1 saturated heterocycles. The minimum Gasteiger partial charge on any atom is -0.363 e. The van der Waals surface area contributed by atoms with Crippen molar-refractivity contribution in [1.29, 1.82) is 0 Å². The lowest BCUT2D eigenvalue weighted by Crippen LogP contribution is -2.75. The highest BCUT2D eigenvalue weighted by molar-refractivity contribution is 7.42. The first kappa shape index (κ1) is 8.28. The largest absolute Gasteiger partial charge is 0.363 e. The molecule has 0 atom stereocenters. The van der Waals surface area contributed by atoms with Crippen LogP contribution in [0.1, 0.15) is 0 Å². The molecule has 0 bridgehead atoms. The summed E-state index contributed by atoms with van der Waals surface area (Å²) in [6.07, 6.45) is 0. The highest BCUT2D eigenvalue weighted by atomic mass is 29.6. The molecule has 0 radical (unpaired) electrons. The summed E-state index contributed by atoms with van der Waals surface area (Å²) in [5.74, 6) is 0. The highest BCUT2D eigenvalue weighted by Crippen LogP contribution is 1.90. The maximum atomic E-state index is 3.79. The van der Waals surface area contributed by atoms with Crippen LogP contribution in [-0.2, 0) is 0 Å². The maximum Gasteiger partial charge on any atom is 0.155 e. The number of nitrogens with zero attached hydrogens (tertiary/aromatic N) is 1. The topological polar surface area (TPSA) is 27.3 Å². The van der Waals surface area contributed by atoms with Crippen molar-refractivity contribution < 1.29 is 0 Å². The average Bonchev–Trinajstić information content (AvgIpc) is 1.77. The zero-order valence-electron chi connectivity index (χ0n) is 6.36. The lowest BCUT2D eigenvalue weighted by Gasteiger charge is -2.39. The monoisotopic (exact) mass is 225 g/mol. The van der Waals surface area contributed by atoms with Gasteiger partial charge in [-0.05, 0) is 0 Å². The zero-order valence-corrected chi connectivity index (χ0v) is 16.2. The maximum absolute atomic E-state index is 3.79. The molecule has 0 unspecified atom stereocenters. The fourth-order valence-electron chi connectivity index (χ4n) is 0.835. The van der Waals surface area contributed by atoms with Crippen molar-refractivity contribution in [3.05, 3.63) is 0 Å².